The normalized spacial score (nSPS) is 15.0. The Labute approximate surface area is 233 Å². The highest BCUT2D eigenvalue weighted by atomic mass is 16.6. The number of hydrogen-bond donors (Lipinski definition) is 2. The van der Waals surface area contributed by atoms with Gasteiger partial charge < -0.3 is 20.7 Å². The molecule has 0 unspecified atom stereocenters. The van der Waals surface area contributed by atoms with E-state index in [-0.39, 0.29) is 23.5 Å². The van der Waals surface area contributed by atoms with Gasteiger partial charge in [-0.05, 0) is 60.2 Å². The summed E-state index contributed by atoms with van der Waals surface area (Å²) in [5, 5.41) is 14.0. The molecular formula is C31H34N4O5. The van der Waals surface area contributed by atoms with Gasteiger partial charge in [0.2, 0.25) is 5.91 Å². The third-order valence-corrected chi connectivity index (χ3v) is 6.83. The maximum atomic E-state index is 13.1. The lowest BCUT2D eigenvalue weighted by Gasteiger charge is -2.26. The molecule has 0 spiro atoms. The number of amides is 2. The summed E-state index contributed by atoms with van der Waals surface area (Å²) in [6.45, 7) is 2.25. The SMILES string of the molecule is N[C@@H](Cc1ccc(C(=O)N2CCOCC2)cc1)C(=O)N[C@H](C=Cc1ccc([N+](=O)[O-])cc1)CCc1ccccc1. The molecule has 1 fully saturated rings. The fourth-order valence-electron chi connectivity index (χ4n) is 4.49. The Bertz CT molecular complexity index is 1300. The van der Waals surface area contributed by atoms with E-state index in [9.17, 15) is 19.7 Å². The largest absolute Gasteiger partial charge is 0.378 e. The highest BCUT2D eigenvalue weighted by Gasteiger charge is 2.20. The van der Waals surface area contributed by atoms with Crippen LogP contribution in [0.15, 0.2) is 84.9 Å². The molecule has 0 aromatic heterocycles. The van der Waals surface area contributed by atoms with Crippen LogP contribution in [0.4, 0.5) is 5.69 Å². The van der Waals surface area contributed by atoms with E-state index in [0.717, 1.165) is 23.1 Å². The Morgan fingerprint density at radius 3 is 2.30 bits per heavy atom. The third kappa shape index (κ3) is 8.33. The number of benzene rings is 3. The molecule has 40 heavy (non-hydrogen) atoms. The first-order valence-electron chi connectivity index (χ1n) is 13.4. The summed E-state index contributed by atoms with van der Waals surface area (Å²) in [7, 11) is 0. The summed E-state index contributed by atoms with van der Waals surface area (Å²) in [5.74, 6) is -0.308. The van der Waals surface area contributed by atoms with Crippen molar-refractivity contribution in [1.29, 1.82) is 0 Å². The van der Waals surface area contributed by atoms with E-state index in [2.05, 4.69) is 5.32 Å². The van der Waals surface area contributed by atoms with Crippen LogP contribution in [0.25, 0.3) is 6.08 Å². The van der Waals surface area contributed by atoms with E-state index < -0.39 is 11.0 Å². The lowest BCUT2D eigenvalue weighted by molar-refractivity contribution is -0.384. The molecule has 9 heteroatoms. The van der Waals surface area contributed by atoms with E-state index in [1.807, 2.05) is 54.6 Å². The van der Waals surface area contributed by atoms with Gasteiger partial charge in [0.15, 0.2) is 0 Å². The number of hydrogen-bond acceptors (Lipinski definition) is 6. The van der Waals surface area contributed by atoms with Crippen LogP contribution >= 0.6 is 0 Å². The number of morpholine rings is 1. The summed E-state index contributed by atoms with van der Waals surface area (Å²) in [4.78, 5) is 38.0. The molecule has 0 bridgehead atoms. The number of nitrogens with one attached hydrogen (secondary N) is 1. The molecule has 1 saturated heterocycles. The zero-order valence-electron chi connectivity index (χ0n) is 22.3. The van der Waals surface area contributed by atoms with Crippen LogP contribution in [-0.2, 0) is 22.4 Å². The molecule has 3 aromatic rings. The van der Waals surface area contributed by atoms with Gasteiger partial charge in [0.05, 0.1) is 24.2 Å². The monoisotopic (exact) mass is 542 g/mol. The molecule has 3 N–H and O–H groups in total. The van der Waals surface area contributed by atoms with Crippen molar-refractivity contribution in [3.8, 4) is 0 Å². The van der Waals surface area contributed by atoms with Crippen molar-refractivity contribution in [2.75, 3.05) is 26.3 Å². The summed E-state index contributed by atoms with van der Waals surface area (Å²) in [6.07, 6.45) is 5.47. The molecule has 1 aliphatic heterocycles. The average Bonchev–Trinajstić information content (AvgIpc) is 2.99. The first kappa shape index (κ1) is 28.7. The van der Waals surface area contributed by atoms with Crippen LogP contribution in [0.3, 0.4) is 0 Å². The Morgan fingerprint density at radius 1 is 0.975 bits per heavy atom. The van der Waals surface area contributed by atoms with Gasteiger partial charge in [-0.3, -0.25) is 19.7 Å². The highest BCUT2D eigenvalue weighted by molar-refractivity contribution is 5.94. The number of carbonyl (C=O) groups excluding carboxylic acids is 2. The lowest BCUT2D eigenvalue weighted by Crippen LogP contribution is -2.46. The van der Waals surface area contributed by atoms with Crippen LogP contribution < -0.4 is 11.1 Å². The quantitative estimate of drug-likeness (QED) is 0.280. The summed E-state index contributed by atoms with van der Waals surface area (Å²) in [5.41, 5.74) is 9.72. The van der Waals surface area contributed by atoms with Crippen molar-refractivity contribution in [3.05, 3.63) is 117 Å². The molecular weight excluding hydrogens is 508 g/mol. The number of nitro groups is 1. The first-order valence-corrected chi connectivity index (χ1v) is 13.4. The Morgan fingerprint density at radius 2 is 1.65 bits per heavy atom. The fourth-order valence-corrected chi connectivity index (χ4v) is 4.49. The van der Waals surface area contributed by atoms with E-state index in [0.29, 0.717) is 44.7 Å². The van der Waals surface area contributed by atoms with Gasteiger partial charge in [-0.1, -0.05) is 54.6 Å². The maximum Gasteiger partial charge on any atom is 0.269 e. The number of aryl methyl sites for hydroxylation is 1. The standard InChI is InChI=1S/C31H34N4O5/c32-29(22-25-6-12-26(13-7-25)31(37)34-18-20-40-21-19-34)30(36)33-27(14-8-23-4-2-1-3-5-23)15-9-24-10-16-28(17-11-24)35(38)39/h1-7,9-13,15-17,27,29H,8,14,18-22,32H2,(H,33,36)/t27-,29-/m0/s1. The van der Waals surface area contributed by atoms with Crippen molar-refractivity contribution in [2.45, 2.75) is 31.3 Å². The molecule has 2 amide bonds. The predicted molar refractivity (Wildman–Crippen MR) is 154 cm³/mol. The van der Waals surface area contributed by atoms with Gasteiger partial charge in [0.1, 0.15) is 0 Å². The van der Waals surface area contributed by atoms with Crippen LogP contribution in [0, 0.1) is 10.1 Å². The van der Waals surface area contributed by atoms with Crippen molar-refractivity contribution in [3.63, 3.8) is 0 Å². The van der Waals surface area contributed by atoms with E-state index in [4.69, 9.17) is 10.5 Å². The lowest BCUT2D eigenvalue weighted by atomic mass is 10.0. The second-order valence-electron chi connectivity index (χ2n) is 9.76. The van der Waals surface area contributed by atoms with Crippen LogP contribution in [0.2, 0.25) is 0 Å². The topological polar surface area (TPSA) is 128 Å². The summed E-state index contributed by atoms with van der Waals surface area (Å²) < 4.78 is 5.31. The molecule has 208 valence electrons. The number of nitrogens with two attached hydrogens (primary N) is 1. The van der Waals surface area contributed by atoms with Gasteiger partial charge >= 0.3 is 0 Å². The zero-order chi connectivity index (χ0) is 28.3. The number of rotatable bonds is 11. The molecule has 1 aliphatic rings. The van der Waals surface area contributed by atoms with Crippen LogP contribution in [0.5, 0.6) is 0 Å². The van der Waals surface area contributed by atoms with Crippen LogP contribution in [0.1, 0.15) is 33.5 Å². The minimum absolute atomic E-state index is 0.0237. The average molecular weight is 543 g/mol. The molecule has 0 radical (unpaired) electrons. The minimum atomic E-state index is -0.771. The number of ether oxygens (including phenoxy) is 1. The number of nitrogens with zero attached hydrogens (tertiary/aromatic N) is 2. The molecule has 0 saturated carbocycles. The third-order valence-electron chi connectivity index (χ3n) is 6.83. The minimum Gasteiger partial charge on any atom is -0.378 e. The van der Waals surface area contributed by atoms with E-state index >= 15 is 0 Å². The van der Waals surface area contributed by atoms with Gasteiger partial charge in [0.25, 0.3) is 11.6 Å². The summed E-state index contributed by atoms with van der Waals surface area (Å²) in [6, 6.07) is 22.4. The molecule has 1 heterocycles. The number of non-ortho nitro benzene ring substituents is 1. The van der Waals surface area contributed by atoms with Crippen molar-refractivity contribution >= 4 is 23.6 Å². The highest BCUT2D eigenvalue weighted by Crippen LogP contribution is 2.15. The first-order chi connectivity index (χ1) is 19.4. The van der Waals surface area contributed by atoms with Crippen molar-refractivity contribution < 1.29 is 19.2 Å². The maximum absolute atomic E-state index is 13.1. The zero-order valence-corrected chi connectivity index (χ0v) is 22.3. The number of nitro benzene ring substituents is 1. The number of carbonyl (C=O) groups is 2. The van der Waals surface area contributed by atoms with Crippen molar-refractivity contribution in [2.24, 2.45) is 5.73 Å². The Hall–Kier alpha value is -4.34. The second kappa shape index (κ2) is 14.2. The predicted octanol–water partition coefficient (Wildman–Crippen LogP) is 3.77. The summed E-state index contributed by atoms with van der Waals surface area (Å²) >= 11 is 0. The van der Waals surface area contributed by atoms with Gasteiger partial charge in [0, 0.05) is 36.8 Å². The molecule has 3 aromatic carbocycles. The van der Waals surface area contributed by atoms with E-state index in [1.54, 1.807) is 29.2 Å². The molecule has 0 aliphatic carbocycles. The molecule has 4 rings (SSSR count). The van der Waals surface area contributed by atoms with Crippen LogP contribution in [-0.4, -0.2) is 60.0 Å². The van der Waals surface area contributed by atoms with Crippen molar-refractivity contribution in [1.82, 2.24) is 10.2 Å². The molecule has 2 atom stereocenters. The van der Waals surface area contributed by atoms with E-state index in [1.165, 1.54) is 12.1 Å². The molecule has 9 nitrogen and oxygen atoms in total. The Kier molecular flexibility index (Phi) is 10.1. The van der Waals surface area contributed by atoms with Gasteiger partial charge in [-0.2, -0.15) is 0 Å². The smallest absolute Gasteiger partial charge is 0.269 e. The Balaban J connectivity index is 1.37. The van der Waals surface area contributed by atoms with Gasteiger partial charge in [-0.15, -0.1) is 0 Å². The van der Waals surface area contributed by atoms with Gasteiger partial charge in [-0.25, -0.2) is 0 Å². The second-order valence-corrected chi connectivity index (χ2v) is 9.76. The fraction of sp³-hybridized carbons (Fsp3) is 0.290.